The summed E-state index contributed by atoms with van der Waals surface area (Å²) in [6.45, 7) is 0.721. The molecule has 2 N–H and O–H groups in total. The lowest BCUT2D eigenvalue weighted by Gasteiger charge is -2.16. The van der Waals surface area contributed by atoms with Crippen molar-refractivity contribution in [1.82, 2.24) is 4.72 Å². The molecule has 1 fully saturated rings. The Kier molecular flexibility index (Phi) is 6.10. The molecule has 3 aromatic rings. The van der Waals surface area contributed by atoms with E-state index in [2.05, 4.69) is 10.0 Å². The van der Waals surface area contributed by atoms with E-state index in [4.69, 9.17) is 11.6 Å². The van der Waals surface area contributed by atoms with E-state index in [1.54, 1.807) is 36.4 Å². The van der Waals surface area contributed by atoms with Gasteiger partial charge in [0.15, 0.2) is 0 Å². The summed E-state index contributed by atoms with van der Waals surface area (Å²) in [7, 11) is 0.459. The van der Waals surface area contributed by atoms with E-state index in [0.29, 0.717) is 35.1 Å². The van der Waals surface area contributed by atoms with Gasteiger partial charge in [-0.25, -0.2) is 0 Å². The van der Waals surface area contributed by atoms with Crippen molar-refractivity contribution in [1.29, 1.82) is 0 Å². The van der Waals surface area contributed by atoms with Crippen LogP contribution in [0, 0.1) is 0 Å². The third kappa shape index (κ3) is 4.57. The zero-order valence-electron chi connectivity index (χ0n) is 17.7. The Morgan fingerprint density at radius 3 is 2.31 bits per heavy atom. The number of benzene rings is 3. The normalized spacial score (nSPS) is 14.9. The molecule has 9 heteroatoms. The lowest BCUT2D eigenvalue weighted by atomic mass is 10.0. The predicted molar refractivity (Wildman–Crippen MR) is 130 cm³/mol. The topological polar surface area (TPSA) is 81.8 Å². The number of carbonyl (C=O) groups is 1. The summed E-state index contributed by atoms with van der Waals surface area (Å²) >= 11 is 6.41. The molecular weight excluding hydrogens is 448 g/mol. The van der Waals surface area contributed by atoms with Crippen LogP contribution in [0.25, 0.3) is 11.1 Å². The second kappa shape index (κ2) is 8.82. The molecule has 0 spiro atoms. The second-order valence-electron chi connectivity index (χ2n) is 7.61. The molecule has 0 aromatic heterocycles. The third-order valence-corrected chi connectivity index (χ3v) is 7.10. The van der Waals surface area contributed by atoms with Gasteiger partial charge in [0.1, 0.15) is 0 Å². The molecule has 1 aliphatic rings. The highest BCUT2D eigenvalue weighted by Crippen LogP contribution is 2.32. The Balaban J connectivity index is 1.52. The molecule has 0 unspecified atom stereocenters. The van der Waals surface area contributed by atoms with Gasteiger partial charge in [-0.2, -0.15) is 13.1 Å². The maximum absolute atomic E-state index is 12.7. The average molecular weight is 471 g/mol. The molecule has 0 bridgehead atoms. The lowest BCUT2D eigenvalue weighted by molar-refractivity contribution is 0.102. The number of rotatable bonds is 5. The van der Waals surface area contributed by atoms with E-state index >= 15 is 0 Å². The van der Waals surface area contributed by atoms with Crippen LogP contribution < -0.4 is 19.2 Å². The number of carbonyl (C=O) groups excluding carboxylic acids is 1. The minimum atomic E-state index is -3.50. The first kappa shape index (κ1) is 22.1. The van der Waals surface area contributed by atoms with Crippen molar-refractivity contribution < 1.29 is 13.2 Å². The lowest BCUT2D eigenvalue weighted by Crippen LogP contribution is -2.29. The highest BCUT2D eigenvalue weighted by molar-refractivity contribution is 7.91. The molecule has 32 heavy (non-hydrogen) atoms. The van der Waals surface area contributed by atoms with Gasteiger partial charge in [0.05, 0.1) is 5.69 Å². The van der Waals surface area contributed by atoms with Crippen LogP contribution in [0.3, 0.4) is 0 Å². The highest BCUT2D eigenvalue weighted by Gasteiger charge is 2.27. The van der Waals surface area contributed by atoms with Gasteiger partial charge in [-0.1, -0.05) is 23.7 Å². The molecule has 0 radical (unpaired) electrons. The molecule has 0 aliphatic carbocycles. The van der Waals surface area contributed by atoms with E-state index in [9.17, 15) is 13.2 Å². The average Bonchev–Trinajstić information content (AvgIpc) is 3.14. The molecule has 1 heterocycles. The Labute approximate surface area is 192 Å². The first-order chi connectivity index (χ1) is 15.2. The van der Waals surface area contributed by atoms with Crippen LogP contribution in [0.1, 0.15) is 10.4 Å². The van der Waals surface area contributed by atoms with E-state index in [-0.39, 0.29) is 5.91 Å². The summed E-state index contributed by atoms with van der Waals surface area (Å²) in [6, 6.07) is 19.8. The SMILES string of the molecule is CN(C)c1ccc(-c2cc(NC(=O)c3ccc(N4CCNS4(=O)=O)cc3)ccc2Cl)cc1. The van der Waals surface area contributed by atoms with E-state index < -0.39 is 10.2 Å². The van der Waals surface area contributed by atoms with Crippen LogP contribution in [0.5, 0.6) is 0 Å². The zero-order valence-corrected chi connectivity index (χ0v) is 19.2. The van der Waals surface area contributed by atoms with Gasteiger partial charge in [0.2, 0.25) is 0 Å². The molecule has 1 aliphatic heterocycles. The summed E-state index contributed by atoms with van der Waals surface area (Å²) in [5.74, 6) is -0.296. The first-order valence-corrected chi connectivity index (χ1v) is 11.8. The molecule has 4 rings (SSSR count). The summed E-state index contributed by atoms with van der Waals surface area (Å²) < 4.78 is 27.7. The zero-order chi connectivity index (χ0) is 22.9. The molecule has 7 nitrogen and oxygen atoms in total. The highest BCUT2D eigenvalue weighted by atomic mass is 35.5. The fraction of sp³-hybridized carbons (Fsp3) is 0.174. The van der Waals surface area contributed by atoms with E-state index in [0.717, 1.165) is 16.8 Å². The Morgan fingerprint density at radius 2 is 1.72 bits per heavy atom. The number of nitrogens with one attached hydrogen (secondary N) is 2. The number of amides is 1. The van der Waals surface area contributed by atoms with Gasteiger partial charge >= 0.3 is 10.2 Å². The van der Waals surface area contributed by atoms with Gasteiger partial charge in [-0.05, 0) is 60.2 Å². The van der Waals surface area contributed by atoms with Crippen LogP contribution in [-0.4, -0.2) is 41.5 Å². The van der Waals surface area contributed by atoms with Gasteiger partial charge in [0, 0.05) is 54.7 Å². The monoisotopic (exact) mass is 470 g/mol. The smallest absolute Gasteiger partial charge is 0.301 e. The predicted octanol–water partition coefficient (Wildman–Crippen LogP) is 3.98. The van der Waals surface area contributed by atoms with Crippen molar-refractivity contribution in [2.24, 2.45) is 0 Å². The van der Waals surface area contributed by atoms with Crippen LogP contribution in [-0.2, 0) is 10.2 Å². The fourth-order valence-electron chi connectivity index (χ4n) is 3.49. The van der Waals surface area contributed by atoms with E-state index in [1.165, 1.54) is 4.31 Å². The fourth-order valence-corrected chi connectivity index (χ4v) is 4.95. The Morgan fingerprint density at radius 1 is 1.03 bits per heavy atom. The summed E-state index contributed by atoms with van der Waals surface area (Å²) in [6.07, 6.45) is 0. The van der Waals surface area contributed by atoms with Crippen molar-refractivity contribution >= 4 is 44.8 Å². The number of hydrogen-bond acceptors (Lipinski definition) is 4. The van der Waals surface area contributed by atoms with Crippen molar-refractivity contribution in [3.05, 3.63) is 77.3 Å². The van der Waals surface area contributed by atoms with Crippen molar-refractivity contribution in [3.8, 4) is 11.1 Å². The maximum atomic E-state index is 12.7. The first-order valence-electron chi connectivity index (χ1n) is 10.0. The number of nitrogens with zero attached hydrogens (tertiary/aromatic N) is 2. The van der Waals surface area contributed by atoms with Gasteiger partial charge in [0.25, 0.3) is 5.91 Å². The van der Waals surface area contributed by atoms with Gasteiger partial charge < -0.3 is 10.2 Å². The van der Waals surface area contributed by atoms with Crippen molar-refractivity contribution in [2.75, 3.05) is 41.7 Å². The Bertz CT molecular complexity index is 1240. The molecule has 0 saturated carbocycles. The minimum Gasteiger partial charge on any atom is -0.378 e. The molecule has 0 atom stereocenters. The summed E-state index contributed by atoms with van der Waals surface area (Å²) in [5.41, 5.74) is 4.39. The Hall–Kier alpha value is -3.07. The van der Waals surface area contributed by atoms with Crippen LogP contribution in [0.15, 0.2) is 66.7 Å². The van der Waals surface area contributed by atoms with Gasteiger partial charge in [-0.15, -0.1) is 0 Å². The van der Waals surface area contributed by atoms with E-state index in [1.807, 2.05) is 49.3 Å². The van der Waals surface area contributed by atoms with Crippen LogP contribution in [0.4, 0.5) is 17.1 Å². The molecule has 1 amide bonds. The summed E-state index contributed by atoms with van der Waals surface area (Å²) in [4.78, 5) is 14.7. The van der Waals surface area contributed by atoms with Crippen molar-refractivity contribution in [3.63, 3.8) is 0 Å². The number of halogens is 1. The standard InChI is InChI=1S/C23H23ClN4O3S/c1-27(2)19-8-3-16(4-9-19)21-15-18(7-12-22(21)24)26-23(29)17-5-10-20(11-6-17)28-14-13-25-32(28,30)31/h3-12,15,25H,13-14H2,1-2H3,(H,26,29). The number of hydrogen-bond donors (Lipinski definition) is 2. The molecular formula is C23H23ClN4O3S. The minimum absolute atomic E-state index is 0.296. The van der Waals surface area contributed by atoms with Crippen molar-refractivity contribution in [2.45, 2.75) is 0 Å². The molecule has 3 aromatic carbocycles. The maximum Gasteiger partial charge on any atom is 0.301 e. The third-order valence-electron chi connectivity index (χ3n) is 5.23. The molecule has 1 saturated heterocycles. The quantitative estimate of drug-likeness (QED) is 0.591. The molecule has 166 valence electrons. The van der Waals surface area contributed by atoms with Gasteiger partial charge in [-0.3, -0.25) is 9.10 Å². The second-order valence-corrected chi connectivity index (χ2v) is 9.70. The number of anilines is 3. The summed E-state index contributed by atoms with van der Waals surface area (Å²) in [5, 5.41) is 3.47. The van der Waals surface area contributed by atoms with Crippen LogP contribution >= 0.6 is 11.6 Å². The largest absolute Gasteiger partial charge is 0.378 e. The van der Waals surface area contributed by atoms with Crippen LogP contribution in [0.2, 0.25) is 5.02 Å².